The molecule has 120 heavy (non-hydrogen) atoms. The number of hydrogen-bond acceptors (Lipinski definition) is 18. The van der Waals surface area contributed by atoms with Gasteiger partial charge in [0.25, 0.3) is 0 Å². The summed E-state index contributed by atoms with van der Waals surface area (Å²) in [6.07, 6.45) is 50.1. The minimum atomic E-state index is -5.55. The van der Waals surface area contributed by atoms with E-state index < -0.39 is 143 Å². The summed E-state index contributed by atoms with van der Waals surface area (Å²) in [7, 11) is -5.55. The third-order valence-electron chi connectivity index (χ3n) is 24.4. The Bertz CT molecular complexity index is 2510. The number of aliphatic hydroxyl groups is 3. The zero-order chi connectivity index (χ0) is 87.7. The van der Waals surface area contributed by atoms with Gasteiger partial charge in [0.15, 0.2) is 12.4 Å². The standard InChI is InChI=1S/C97H183N2O20P/c1-8-14-20-26-32-38-40-41-43-49-55-60-66-71-87(103)114-80(68-62-56-50-44-34-28-22-16-10-3)74-85(101)98-91-79(7)113-84(93(107)94(91)108)78-112-97-92(99-86(102)75-81(69-63-57-51-45-35-29-23-17-11-4)115-88(104)72-65-59-53-47-37-31-25-19-13-6)96(95(83(77-100)117-97)119-120(109,110)111)118-90(106)76-82(70-64-58-52-46-36-30-24-18-12-5)116-89(105)73-67-61-54-48-42-39-33-27-21-15-9-2/h79-84,91-97,100,107-108H,8-78H2,1-7H3,(H,98,101)(H,99,102)(H2,109,110,111)/t79-,80-,81-,82-,83?,84?,91?,92?,93-,94-,95-,96-,97-/m1/s1. The number of ether oxygens (including phenoxy) is 7. The second-order valence-electron chi connectivity index (χ2n) is 35.8. The number of rotatable bonds is 84. The highest BCUT2D eigenvalue weighted by atomic mass is 31.2. The van der Waals surface area contributed by atoms with E-state index >= 15 is 4.79 Å². The topological polar surface area (TPSA) is 319 Å². The fraction of sp³-hybridized carbons (Fsp3) is 0.938. The van der Waals surface area contributed by atoms with Gasteiger partial charge in [-0.15, -0.1) is 0 Å². The van der Waals surface area contributed by atoms with Gasteiger partial charge in [0.1, 0.15) is 54.9 Å². The van der Waals surface area contributed by atoms with Crippen LogP contribution in [-0.4, -0.2) is 153 Å². The zero-order valence-corrected chi connectivity index (χ0v) is 78.4. The van der Waals surface area contributed by atoms with Crippen molar-refractivity contribution >= 4 is 43.5 Å². The van der Waals surface area contributed by atoms with Crippen molar-refractivity contribution in [1.82, 2.24) is 10.6 Å². The van der Waals surface area contributed by atoms with Gasteiger partial charge in [-0.2, -0.15) is 0 Å². The molecule has 0 aromatic heterocycles. The van der Waals surface area contributed by atoms with Gasteiger partial charge in [0, 0.05) is 19.3 Å². The number of phosphoric ester groups is 1. The Kier molecular flexibility index (Phi) is 72.2. The normalized spacial score (nSPS) is 20.2. The molecular weight excluding hydrogens is 1540 g/mol. The molecule has 0 aromatic rings. The first-order chi connectivity index (χ1) is 58.2. The van der Waals surface area contributed by atoms with Gasteiger partial charge in [-0.05, 0) is 64.7 Å². The monoisotopic (exact) mass is 1730 g/mol. The first-order valence-corrected chi connectivity index (χ1v) is 51.8. The number of phosphoric acid groups is 1. The molecule has 7 N–H and O–H groups in total. The maximum absolute atomic E-state index is 15.0. The molecule has 23 heteroatoms. The van der Waals surface area contributed by atoms with Crippen molar-refractivity contribution in [3.63, 3.8) is 0 Å². The van der Waals surface area contributed by atoms with Gasteiger partial charge in [-0.1, -0.05) is 388 Å². The highest BCUT2D eigenvalue weighted by Crippen LogP contribution is 2.43. The van der Waals surface area contributed by atoms with E-state index in [1.165, 1.54) is 173 Å². The second kappa shape index (κ2) is 76.9. The molecule has 2 aliphatic rings. The lowest BCUT2D eigenvalue weighted by atomic mass is 9.93. The number of unbranched alkanes of at least 4 members (excludes halogenated alkanes) is 54. The van der Waals surface area contributed by atoms with Crippen LogP contribution in [0, 0.1) is 0 Å². The molecule has 2 saturated heterocycles. The summed E-state index contributed by atoms with van der Waals surface area (Å²) in [6, 6.07) is -2.87. The lowest BCUT2D eigenvalue weighted by Crippen LogP contribution is -2.67. The smallest absolute Gasteiger partial charge is 0.462 e. The summed E-state index contributed by atoms with van der Waals surface area (Å²) >= 11 is 0. The zero-order valence-electron chi connectivity index (χ0n) is 77.5. The van der Waals surface area contributed by atoms with E-state index in [0.29, 0.717) is 51.4 Å². The molecule has 706 valence electrons. The van der Waals surface area contributed by atoms with Crippen LogP contribution in [0.3, 0.4) is 0 Å². The minimum absolute atomic E-state index is 0.140. The van der Waals surface area contributed by atoms with Gasteiger partial charge in [0.05, 0.1) is 44.6 Å². The molecule has 13 atom stereocenters. The molecular formula is C97H183N2O20P. The van der Waals surface area contributed by atoms with Crippen LogP contribution in [0.25, 0.3) is 0 Å². The third kappa shape index (κ3) is 60.4. The summed E-state index contributed by atoms with van der Waals surface area (Å²) < 4.78 is 62.3. The first kappa shape index (κ1) is 113. The number of carbonyl (C=O) groups is 6. The molecule has 0 radical (unpaired) electrons. The van der Waals surface area contributed by atoms with Crippen LogP contribution < -0.4 is 10.6 Å². The summed E-state index contributed by atoms with van der Waals surface area (Å²) in [4.78, 5) is 106. The number of nitrogens with one attached hydrogen (secondary N) is 2. The number of esters is 4. The van der Waals surface area contributed by atoms with E-state index in [2.05, 4.69) is 52.2 Å². The van der Waals surface area contributed by atoms with E-state index in [1.807, 2.05) is 0 Å². The number of aliphatic hydroxyl groups excluding tert-OH is 3. The molecule has 0 aromatic carbocycles. The van der Waals surface area contributed by atoms with Crippen LogP contribution in [0.1, 0.15) is 492 Å². The van der Waals surface area contributed by atoms with Crippen molar-refractivity contribution in [3.8, 4) is 0 Å². The summed E-state index contributed by atoms with van der Waals surface area (Å²) in [5, 5.41) is 40.8. The highest BCUT2D eigenvalue weighted by molar-refractivity contribution is 7.46. The van der Waals surface area contributed by atoms with Gasteiger partial charge < -0.3 is 68.9 Å². The van der Waals surface area contributed by atoms with Gasteiger partial charge in [-0.25, -0.2) is 4.57 Å². The van der Waals surface area contributed by atoms with Crippen LogP contribution in [0.5, 0.6) is 0 Å². The molecule has 2 fully saturated rings. The molecule has 0 bridgehead atoms. The molecule has 0 spiro atoms. The fourth-order valence-electron chi connectivity index (χ4n) is 16.9. The van der Waals surface area contributed by atoms with E-state index in [9.17, 15) is 53.6 Å². The summed E-state index contributed by atoms with van der Waals surface area (Å²) in [5.41, 5.74) is 0. The van der Waals surface area contributed by atoms with Crippen LogP contribution in [-0.2, 0) is 71.0 Å². The van der Waals surface area contributed by atoms with E-state index in [4.69, 9.17) is 37.7 Å². The van der Waals surface area contributed by atoms with Crippen LogP contribution in [0.15, 0.2) is 0 Å². The fourth-order valence-corrected chi connectivity index (χ4v) is 17.5. The maximum Gasteiger partial charge on any atom is 0.470 e. The highest BCUT2D eigenvalue weighted by Gasteiger charge is 2.53. The largest absolute Gasteiger partial charge is 0.470 e. The van der Waals surface area contributed by atoms with E-state index in [0.717, 1.165) is 180 Å². The SMILES string of the molecule is CCCCCCCCCCCCCCCC(=O)O[C@H](CCCCCCCCCCC)CC(=O)NC1[C@@H](O)[C@H](O)C(CO[C@@H]2OC(CO)[C@@H](OP(=O)(O)O)[C@H](OC(=O)C[C@@H](CCCCCCCCCCC)OC(=O)CCCCCCCCCCCCC)C2NC(=O)C[C@@H](CCCCCCCCCCC)OC(=O)CCCCCCCCCCC)O[C@@H]1C. The summed E-state index contributed by atoms with van der Waals surface area (Å²) in [6.45, 7) is 13.3. The molecule has 0 aliphatic carbocycles. The number of hydrogen-bond donors (Lipinski definition) is 7. The summed E-state index contributed by atoms with van der Waals surface area (Å²) in [5.74, 6) is -3.52. The predicted octanol–water partition coefficient (Wildman–Crippen LogP) is 23.4. The van der Waals surface area contributed by atoms with Gasteiger partial charge in [-0.3, -0.25) is 33.3 Å². The molecule has 0 saturated carbocycles. The number of carbonyl (C=O) groups excluding carboxylic acids is 6. The second-order valence-corrected chi connectivity index (χ2v) is 37.0. The van der Waals surface area contributed by atoms with E-state index in [1.54, 1.807) is 6.92 Å². The van der Waals surface area contributed by atoms with Crippen LogP contribution >= 0.6 is 7.82 Å². The number of amides is 2. The minimum Gasteiger partial charge on any atom is -0.462 e. The van der Waals surface area contributed by atoms with Crippen molar-refractivity contribution in [3.05, 3.63) is 0 Å². The molecule has 2 heterocycles. The average Bonchev–Trinajstić information content (AvgIpc) is 0.777. The van der Waals surface area contributed by atoms with Crippen molar-refractivity contribution < 1.29 is 96.1 Å². The van der Waals surface area contributed by atoms with Crippen LogP contribution in [0.2, 0.25) is 0 Å². The molecule has 2 rings (SSSR count). The molecule has 22 nitrogen and oxygen atoms in total. The Morgan fingerprint density at radius 1 is 0.342 bits per heavy atom. The lowest BCUT2D eigenvalue weighted by Gasteiger charge is -2.46. The van der Waals surface area contributed by atoms with Gasteiger partial charge in [0.2, 0.25) is 11.8 Å². The Balaban J connectivity index is 2.56. The van der Waals surface area contributed by atoms with Crippen molar-refractivity contribution in [1.29, 1.82) is 0 Å². The van der Waals surface area contributed by atoms with Crippen molar-refractivity contribution in [2.24, 2.45) is 0 Å². The lowest BCUT2D eigenvalue weighted by molar-refractivity contribution is -0.285. The third-order valence-corrected chi connectivity index (χ3v) is 24.9. The van der Waals surface area contributed by atoms with Crippen molar-refractivity contribution in [2.45, 2.75) is 571 Å². The molecule has 2 aliphatic heterocycles. The predicted molar refractivity (Wildman–Crippen MR) is 481 cm³/mol. The van der Waals surface area contributed by atoms with Gasteiger partial charge >= 0.3 is 31.7 Å². The van der Waals surface area contributed by atoms with Crippen molar-refractivity contribution in [2.75, 3.05) is 13.2 Å². The Labute approximate surface area is 730 Å². The Hall–Kier alpha value is -3.31. The van der Waals surface area contributed by atoms with E-state index in [-0.39, 0.29) is 31.7 Å². The first-order valence-electron chi connectivity index (χ1n) is 50.2. The molecule has 2 amide bonds. The van der Waals surface area contributed by atoms with Crippen LogP contribution in [0.4, 0.5) is 0 Å². The average molecular weight is 1730 g/mol. The molecule has 4 unspecified atom stereocenters. The Morgan fingerprint density at radius 3 is 0.908 bits per heavy atom. The quantitative estimate of drug-likeness (QED) is 0.0129. The Morgan fingerprint density at radius 2 is 0.617 bits per heavy atom. The maximum atomic E-state index is 15.0.